The van der Waals surface area contributed by atoms with Crippen molar-refractivity contribution in [3.05, 3.63) is 102 Å². The molecule has 0 saturated heterocycles. The van der Waals surface area contributed by atoms with Crippen molar-refractivity contribution in [2.75, 3.05) is 5.32 Å². The van der Waals surface area contributed by atoms with Crippen molar-refractivity contribution in [3.8, 4) is 0 Å². The molecule has 0 aliphatic heterocycles. The van der Waals surface area contributed by atoms with E-state index in [9.17, 15) is 0 Å². The van der Waals surface area contributed by atoms with Gasteiger partial charge in [0.2, 0.25) is 0 Å². The summed E-state index contributed by atoms with van der Waals surface area (Å²) in [6.07, 6.45) is 4.85. The summed E-state index contributed by atoms with van der Waals surface area (Å²) in [7, 11) is 0. The molecule has 26 heavy (non-hydrogen) atoms. The molecule has 0 bridgehead atoms. The van der Waals surface area contributed by atoms with Gasteiger partial charge < -0.3 is 5.32 Å². The number of unbranched alkanes of at least 4 members (excludes halogenated alkanes) is 1. The highest BCUT2D eigenvalue weighted by molar-refractivity contribution is 5.52. The Labute approximate surface area is 158 Å². The second-order valence-corrected chi connectivity index (χ2v) is 6.95. The summed E-state index contributed by atoms with van der Waals surface area (Å²) in [5, 5.41) is 3.64. The first-order valence-electron chi connectivity index (χ1n) is 9.77. The molecule has 0 radical (unpaired) electrons. The minimum absolute atomic E-state index is 0.579. The summed E-state index contributed by atoms with van der Waals surface area (Å²) in [6, 6.07) is 30.3. The Balaban J connectivity index is 1.74. The molecule has 0 heterocycles. The van der Waals surface area contributed by atoms with Crippen molar-refractivity contribution < 1.29 is 0 Å². The largest absolute Gasteiger partial charge is 0.381 e. The molecule has 0 aliphatic carbocycles. The molecule has 1 heteroatoms. The van der Waals surface area contributed by atoms with E-state index in [1.165, 1.54) is 41.6 Å². The third-order valence-electron chi connectivity index (χ3n) is 4.99. The molecule has 0 aliphatic rings. The van der Waals surface area contributed by atoms with E-state index in [1.54, 1.807) is 0 Å². The molecule has 0 aromatic heterocycles. The Hall–Kier alpha value is -2.54. The summed E-state index contributed by atoms with van der Waals surface area (Å²) in [5.41, 5.74) is 5.44. The highest BCUT2D eigenvalue weighted by Crippen LogP contribution is 2.29. The van der Waals surface area contributed by atoms with Crippen LogP contribution in [0, 0.1) is 0 Å². The lowest BCUT2D eigenvalue weighted by molar-refractivity contribution is 0.582. The van der Waals surface area contributed by atoms with Gasteiger partial charge in [-0.15, -0.1) is 0 Å². The monoisotopic (exact) mass is 343 g/mol. The molecule has 3 aromatic carbocycles. The van der Waals surface area contributed by atoms with Gasteiger partial charge in [-0.2, -0.15) is 0 Å². The first kappa shape index (κ1) is 18.3. The summed E-state index contributed by atoms with van der Waals surface area (Å²) in [6.45, 7) is 3.14. The van der Waals surface area contributed by atoms with E-state index < -0.39 is 0 Å². The fourth-order valence-corrected chi connectivity index (χ4v) is 3.49. The summed E-state index contributed by atoms with van der Waals surface area (Å²) in [4.78, 5) is 0. The molecule has 3 aromatic rings. The normalized spacial score (nSPS) is 11.9. The lowest BCUT2D eigenvalue weighted by Crippen LogP contribution is -2.07. The summed E-state index contributed by atoms with van der Waals surface area (Å²) >= 11 is 0. The maximum absolute atomic E-state index is 3.64. The van der Waals surface area contributed by atoms with Crippen molar-refractivity contribution in [1.29, 1.82) is 0 Å². The van der Waals surface area contributed by atoms with Crippen LogP contribution in [0.25, 0.3) is 0 Å². The number of nitrogens with one attached hydrogen (secondary N) is 1. The van der Waals surface area contributed by atoms with Gasteiger partial charge in [0.1, 0.15) is 0 Å². The van der Waals surface area contributed by atoms with Crippen molar-refractivity contribution in [3.63, 3.8) is 0 Å². The number of benzene rings is 3. The van der Waals surface area contributed by atoms with Gasteiger partial charge >= 0.3 is 0 Å². The number of hydrogen-bond donors (Lipinski definition) is 1. The Morgan fingerprint density at radius 3 is 2.15 bits per heavy atom. The lowest BCUT2D eigenvalue weighted by atomic mass is 9.87. The van der Waals surface area contributed by atoms with Crippen LogP contribution in [0.15, 0.2) is 84.9 Å². The average Bonchev–Trinajstić information content (AvgIpc) is 2.71. The molecule has 0 saturated carbocycles. The van der Waals surface area contributed by atoms with E-state index in [4.69, 9.17) is 0 Å². The van der Waals surface area contributed by atoms with Gasteiger partial charge in [-0.25, -0.2) is 0 Å². The molecule has 3 rings (SSSR count). The molecule has 1 atom stereocenters. The van der Waals surface area contributed by atoms with E-state index in [-0.39, 0.29) is 0 Å². The molecular formula is C25H29N. The average molecular weight is 344 g/mol. The number of hydrogen-bond acceptors (Lipinski definition) is 1. The molecule has 134 valence electrons. The molecular weight excluding hydrogens is 314 g/mol. The quantitative estimate of drug-likeness (QED) is 0.450. The van der Waals surface area contributed by atoms with Crippen molar-refractivity contribution in [2.24, 2.45) is 0 Å². The first-order valence-corrected chi connectivity index (χ1v) is 9.77. The van der Waals surface area contributed by atoms with Crippen LogP contribution in [0.1, 0.15) is 48.8 Å². The Kier molecular flexibility index (Phi) is 6.89. The third-order valence-corrected chi connectivity index (χ3v) is 4.99. The summed E-state index contributed by atoms with van der Waals surface area (Å²) in [5.74, 6) is 0.579. The van der Waals surface area contributed by atoms with Crippen LogP contribution in [0.3, 0.4) is 0 Å². The van der Waals surface area contributed by atoms with Gasteiger partial charge in [0.05, 0.1) is 0 Å². The second-order valence-electron chi connectivity index (χ2n) is 6.95. The smallest absolute Gasteiger partial charge is 0.0400 e. The van der Waals surface area contributed by atoms with Crippen molar-refractivity contribution >= 4 is 5.69 Å². The topological polar surface area (TPSA) is 12.0 Å². The van der Waals surface area contributed by atoms with Gasteiger partial charge in [-0.05, 0) is 41.5 Å². The molecule has 1 unspecified atom stereocenters. The van der Waals surface area contributed by atoms with Crippen molar-refractivity contribution in [2.45, 2.75) is 45.1 Å². The molecule has 0 amide bonds. The van der Waals surface area contributed by atoms with Crippen LogP contribution >= 0.6 is 0 Å². The molecule has 1 N–H and O–H groups in total. The zero-order valence-electron chi connectivity index (χ0n) is 15.7. The van der Waals surface area contributed by atoms with E-state index in [2.05, 4.69) is 97.2 Å². The van der Waals surface area contributed by atoms with Crippen LogP contribution < -0.4 is 5.32 Å². The van der Waals surface area contributed by atoms with Gasteiger partial charge in [0, 0.05) is 12.2 Å². The zero-order valence-corrected chi connectivity index (χ0v) is 15.7. The standard InChI is InChI=1S/C25H29N/c1-2-3-14-23(22-15-8-5-9-16-22)19-24-17-10-11-18-25(24)26-20-21-12-6-4-7-13-21/h4-13,15-18,23,26H,2-3,14,19-20H2,1H3. The highest BCUT2D eigenvalue weighted by Gasteiger charge is 2.14. The van der Waals surface area contributed by atoms with Gasteiger partial charge in [0.15, 0.2) is 0 Å². The first-order chi connectivity index (χ1) is 12.9. The third kappa shape index (κ3) is 5.23. The van der Waals surface area contributed by atoms with E-state index in [0.29, 0.717) is 5.92 Å². The van der Waals surface area contributed by atoms with Crippen LogP contribution in [-0.2, 0) is 13.0 Å². The van der Waals surface area contributed by atoms with E-state index in [1.807, 2.05) is 0 Å². The SMILES string of the molecule is CCCCC(Cc1ccccc1NCc1ccccc1)c1ccccc1. The van der Waals surface area contributed by atoms with Crippen molar-refractivity contribution in [1.82, 2.24) is 0 Å². The minimum atomic E-state index is 0.579. The maximum atomic E-state index is 3.64. The Morgan fingerprint density at radius 2 is 1.42 bits per heavy atom. The second kappa shape index (κ2) is 9.82. The van der Waals surface area contributed by atoms with Crippen LogP contribution in [0.5, 0.6) is 0 Å². The van der Waals surface area contributed by atoms with E-state index >= 15 is 0 Å². The van der Waals surface area contributed by atoms with Gasteiger partial charge in [0.25, 0.3) is 0 Å². The molecule has 0 spiro atoms. The number of para-hydroxylation sites is 1. The fraction of sp³-hybridized carbons (Fsp3) is 0.280. The van der Waals surface area contributed by atoms with Crippen LogP contribution in [-0.4, -0.2) is 0 Å². The van der Waals surface area contributed by atoms with Crippen LogP contribution in [0.2, 0.25) is 0 Å². The van der Waals surface area contributed by atoms with Gasteiger partial charge in [-0.1, -0.05) is 98.6 Å². The molecule has 1 nitrogen and oxygen atoms in total. The minimum Gasteiger partial charge on any atom is -0.381 e. The maximum Gasteiger partial charge on any atom is 0.0400 e. The van der Waals surface area contributed by atoms with Crippen LogP contribution in [0.4, 0.5) is 5.69 Å². The molecule has 0 fully saturated rings. The summed E-state index contributed by atoms with van der Waals surface area (Å²) < 4.78 is 0. The predicted molar refractivity (Wildman–Crippen MR) is 113 cm³/mol. The number of rotatable bonds is 9. The zero-order chi connectivity index (χ0) is 18.0. The lowest BCUT2D eigenvalue weighted by Gasteiger charge is -2.20. The van der Waals surface area contributed by atoms with Gasteiger partial charge in [-0.3, -0.25) is 0 Å². The Morgan fingerprint density at radius 1 is 0.769 bits per heavy atom. The Bertz CT molecular complexity index is 764. The van der Waals surface area contributed by atoms with E-state index in [0.717, 1.165) is 13.0 Å². The number of anilines is 1. The fourth-order valence-electron chi connectivity index (χ4n) is 3.49. The highest BCUT2D eigenvalue weighted by atomic mass is 14.9. The predicted octanol–water partition coefficient (Wildman–Crippen LogP) is 6.82.